The number of methoxy groups -OCH3 is 1. The first-order chi connectivity index (χ1) is 11.3. The Morgan fingerprint density at radius 1 is 1.12 bits per heavy atom. The van der Waals surface area contributed by atoms with Gasteiger partial charge in [0.15, 0.2) is 5.60 Å². The maximum atomic E-state index is 12.6. The first-order valence-electron chi connectivity index (χ1n) is 7.72. The molecule has 0 aliphatic carbocycles. The van der Waals surface area contributed by atoms with Crippen LogP contribution in [0.15, 0.2) is 48.5 Å². The third kappa shape index (κ3) is 4.42. The van der Waals surface area contributed by atoms with E-state index < -0.39 is 5.60 Å². The molecule has 128 valence electrons. The summed E-state index contributed by atoms with van der Waals surface area (Å²) in [5.41, 5.74) is -0.111. The summed E-state index contributed by atoms with van der Waals surface area (Å²) < 4.78 is 11.2. The van der Waals surface area contributed by atoms with Crippen LogP contribution in [0.4, 0.5) is 0 Å². The van der Waals surface area contributed by atoms with Gasteiger partial charge in [-0.2, -0.15) is 0 Å². The zero-order valence-corrected chi connectivity index (χ0v) is 15.1. The monoisotopic (exact) mass is 347 g/mol. The molecule has 5 heteroatoms. The number of nitrogens with one attached hydrogen (secondary N) is 1. The van der Waals surface area contributed by atoms with Crippen molar-refractivity contribution in [3.8, 4) is 11.5 Å². The van der Waals surface area contributed by atoms with Crippen molar-refractivity contribution in [2.75, 3.05) is 7.11 Å². The Kier molecular flexibility index (Phi) is 5.73. The van der Waals surface area contributed by atoms with Crippen LogP contribution < -0.4 is 14.8 Å². The van der Waals surface area contributed by atoms with Crippen molar-refractivity contribution in [1.29, 1.82) is 0 Å². The lowest BCUT2D eigenvalue weighted by Gasteiger charge is -2.27. The molecule has 0 aliphatic heterocycles. The zero-order chi connectivity index (χ0) is 17.7. The van der Waals surface area contributed by atoms with Crippen molar-refractivity contribution in [3.63, 3.8) is 0 Å². The van der Waals surface area contributed by atoms with Crippen LogP contribution >= 0.6 is 11.6 Å². The Morgan fingerprint density at radius 2 is 1.75 bits per heavy atom. The first kappa shape index (κ1) is 18.1. The van der Waals surface area contributed by atoms with E-state index in [-0.39, 0.29) is 11.9 Å². The second kappa shape index (κ2) is 7.58. The molecule has 0 saturated heterocycles. The zero-order valence-electron chi connectivity index (χ0n) is 14.3. The first-order valence-corrected chi connectivity index (χ1v) is 8.10. The van der Waals surface area contributed by atoms with E-state index >= 15 is 0 Å². The number of hydrogen-bond acceptors (Lipinski definition) is 3. The van der Waals surface area contributed by atoms with Crippen molar-refractivity contribution in [2.45, 2.75) is 32.4 Å². The predicted molar refractivity (Wildman–Crippen MR) is 95.7 cm³/mol. The number of carbonyl (C=O) groups excluding carboxylic acids is 1. The quantitative estimate of drug-likeness (QED) is 0.843. The Balaban J connectivity index is 2.08. The fourth-order valence-electron chi connectivity index (χ4n) is 2.32. The molecule has 0 spiro atoms. The lowest BCUT2D eigenvalue weighted by molar-refractivity contribution is -0.134. The highest BCUT2D eigenvalue weighted by Gasteiger charge is 2.31. The fraction of sp³-hybridized carbons (Fsp3) is 0.316. The van der Waals surface area contributed by atoms with Gasteiger partial charge in [0.25, 0.3) is 5.91 Å². The van der Waals surface area contributed by atoms with Crippen LogP contribution in [0.25, 0.3) is 0 Å². The second-order valence-electron chi connectivity index (χ2n) is 6.00. The lowest BCUT2D eigenvalue weighted by atomic mass is 10.0. The normalized spacial score (nSPS) is 12.4. The van der Waals surface area contributed by atoms with Crippen LogP contribution in [0.1, 0.15) is 32.4 Å². The number of halogens is 1. The van der Waals surface area contributed by atoms with E-state index in [0.717, 1.165) is 11.3 Å². The molecule has 1 amide bonds. The van der Waals surface area contributed by atoms with Crippen LogP contribution in [0.5, 0.6) is 11.5 Å². The highest BCUT2D eigenvalue weighted by Crippen LogP contribution is 2.26. The molecule has 1 unspecified atom stereocenters. The number of amides is 1. The van der Waals surface area contributed by atoms with Crippen LogP contribution in [-0.4, -0.2) is 18.6 Å². The Bertz CT molecular complexity index is 698. The molecule has 1 N–H and O–H groups in total. The molecule has 0 aromatic heterocycles. The summed E-state index contributed by atoms with van der Waals surface area (Å²) in [5.74, 6) is 1.11. The van der Waals surface area contributed by atoms with Gasteiger partial charge in [0.05, 0.1) is 13.2 Å². The number of para-hydroxylation sites is 1. The maximum absolute atomic E-state index is 12.6. The van der Waals surface area contributed by atoms with Gasteiger partial charge < -0.3 is 14.8 Å². The molecule has 4 nitrogen and oxygen atoms in total. The molecule has 0 heterocycles. The van der Waals surface area contributed by atoms with Crippen LogP contribution in [0, 0.1) is 0 Å². The van der Waals surface area contributed by atoms with Gasteiger partial charge >= 0.3 is 0 Å². The average molecular weight is 348 g/mol. The summed E-state index contributed by atoms with van der Waals surface area (Å²) in [7, 11) is 1.61. The molecule has 0 radical (unpaired) electrons. The van der Waals surface area contributed by atoms with Crippen LogP contribution in [-0.2, 0) is 4.79 Å². The largest absolute Gasteiger partial charge is 0.496 e. The van der Waals surface area contributed by atoms with E-state index in [1.165, 1.54) is 0 Å². The molecule has 24 heavy (non-hydrogen) atoms. The van der Waals surface area contributed by atoms with E-state index in [4.69, 9.17) is 21.1 Å². The van der Waals surface area contributed by atoms with Gasteiger partial charge in [-0.15, -0.1) is 0 Å². The standard InChI is InChI=1S/C19H22ClNO3/c1-13(16-7-5-6-8-17(16)23-4)21-18(22)19(2,3)24-15-11-9-14(20)10-12-15/h5-13H,1-4H3,(H,21,22). The fourth-order valence-corrected chi connectivity index (χ4v) is 2.44. The van der Waals surface area contributed by atoms with Crippen LogP contribution in [0.3, 0.4) is 0 Å². The van der Waals surface area contributed by atoms with Crippen molar-refractivity contribution in [3.05, 3.63) is 59.1 Å². The molecule has 0 bridgehead atoms. The van der Waals surface area contributed by atoms with Crippen molar-refractivity contribution in [2.24, 2.45) is 0 Å². The summed E-state index contributed by atoms with van der Waals surface area (Å²) in [4.78, 5) is 12.6. The number of rotatable bonds is 6. The van der Waals surface area contributed by atoms with Gasteiger partial charge in [0, 0.05) is 10.6 Å². The smallest absolute Gasteiger partial charge is 0.264 e. The minimum atomic E-state index is -1.02. The van der Waals surface area contributed by atoms with E-state index in [2.05, 4.69) is 5.32 Å². The van der Waals surface area contributed by atoms with Gasteiger partial charge in [-0.3, -0.25) is 4.79 Å². The lowest BCUT2D eigenvalue weighted by Crippen LogP contribution is -2.47. The molecule has 0 fully saturated rings. The number of benzene rings is 2. The molecule has 0 aliphatic rings. The van der Waals surface area contributed by atoms with E-state index in [9.17, 15) is 4.79 Å². The number of hydrogen-bond donors (Lipinski definition) is 1. The summed E-state index contributed by atoms with van der Waals surface area (Å²) in [6.07, 6.45) is 0. The van der Waals surface area contributed by atoms with Crippen molar-refractivity contribution >= 4 is 17.5 Å². The van der Waals surface area contributed by atoms with Gasteiger partial charge in [0.1, 0.15) is 11.5 Å². The van der Waals surface area contributed by atoms with Crippen molar-refractivity contribution < 1.29 is 14.3 Å². The van der Waals surface area contributed by atoms with Crippen molar-refractivity contribution in [1.82, 2.24) is 5.32 Å². The predicted octanol–water partition coefficient (Wildman–Crippen LogP) is 4.38. The van der Waals surface area contributed by atoms with Crippen LogP contribution in [0.2, 0.25) is 5.02 Å². The summed E-state index contributed by atoms with van der Waals surface area (Å²) >= 11 is 5.86. The minimum Gasteiger partial charge on any atom is -0.496 e. The molecule has 2 aromatic carbocycles. The average Bonchev–Trinajstić information content (AvgIpc) is 2.56. The number of ether oxygens (including phenoxy) is 2. The highest BCUT2D eigenvalue weighted by molar-refractivity contribution is 6.30. The summed E-state index contributed by atoms with van der Waals surface area (Å²) in [6.45, 7) is 5.37. The Labute approximate surface area is 147 Å². The molecule has 2 rings (SSSR count). The molecule has 2 aromatic rings. The second-order valence-corrected chi connectivity index (χ2v) is 6.44. The molecular formula is C19H22ClNO3. The Hall–Kier alpha value is -2.20. The van der Waals surface area contributed by atoms with E-state index in [0.29, 0.717) is 10.8 Å². The summed E-state index contributed by atoms with van der Waals surface area (Å²) in [5, 5.41) is 3.59. The summed E-state index contributed by atoms with van der Waals surface area (Å²) in [6, 6.07) is 14.3. The topological polar surface area (TPSA) is 47.6 Å². The van der Waals surface area contributed by atoms with Gasteiger partial charge in [0.2, 0.25) is 0 Å². The maximum Gasteiger partial charge on any atom is 0.264 e. The number of carbonyl (C=O) groups is 1. The third-order valence-electron chi connectivity index (χ3n) is 3.69. The van der Waals surface area contributed by atoms with E-state index in [1.807, 2.05) is 31.2 Å². The van der Waals surface area contributed by atoms with Gasteiger partial charge in [-0.1, -0.05) is 29.8 Å². The molecule has 1 atom stereocenters. The van der Waals surface area contributed by atoms with Gasteiger partial charge in [-0.05, 0) is 51.1 Å². The molecule has 0 saturated carbocycles. The molecular weight excluding hydrogens is 326 g/mol. The SMILES string of the molecule is COc1ccccc1C(C)NC(=O)C(C)(C)Oc1ccc(Cl)cc1. The highest BCUT2D eigenvalue weighted by atomic mass is 35.5. The minimum absolute atomic E-state index is 0.207. The van der Waals surface area contributed by atoms with Gasteiger partial charge in [-0.25, -0.2) is 0 Å². The van der Waals surface area contributed by atoms with E-state index in [1.54, 1.807) is 45.2 Å². The Morgan fingerprint density at radius 3 is 2.38 bits per heavy atom. The third-order valence-corrected chi connectivity index (χ3v) is 3.94.